The summed E-state index contributed by atoms with van der Waals surface area (Å²) in [6.45, 7) is 3.11. The number of thiazole rings is 1. The highest BCUT2D eigenvalue weighted by Crippen LogP contribution is 2.28. The maximum atomic E-state index is 13.2. The number of hydrogen-bond acceptors (Lipinski definition) is 7. The minimum atomic E-state index is -0.0836. The zero-order valence-electron chi connectivity index (χ0n) is 13.2. The van der Waals surface area contributed by atoms with E-state index in [2.05, 4.69) is 15.0 Å². The molecule has 1 aliphatic heterocycles. The van der Waals surface area contributed by atoms with Crippen molar-refractivity contribution in [3.8, 4) is 10.4 Å². The van der Waals surface area contributed by atoms with Crippen molar-refractivity contribution in [1.29, 1.82) is 0 Å². The molecule has 2 N–H and O–H groups in total. The van der Waals surface area contributed by atoms with Crippen molar-refractivity contribution in [2.75, 3.05) is 18.9 Å². The lowest BCUT2D eigenvalue weighted by Gasteiger charge is -2.26. The zero-order chi connectivity index (χ0) is 16.7. The van der Waals surface area contributed by atoms with Crippen LogP contribution in [0.25, 0.3) is 21.5 Å². The van der Waals surface area contributed by atoms with Crippen LogP contribution in [-0.2, 0) is 4.74 Å². The van der Waals surface area contributed by atoms with Crippen LogP contribution >= 0.6 is 11.3 Å². The van der Waals surface area contributed by atoms with E-state index in [-0.39, 0.29) is 17.5 Å². The number of nitrogens with two attached hydrogens (primary N) is 1. The summed E-state index contributed by atoms with van der Waals surface area (Å²) < 4.78 is 7.32. The number of fused-ring (bicyclic) bond motifs is 1. The van der Waals surface area contributed by atoms with Crippen molar-refractivity contribution in [2.45, 2.75) is 25.8 Å². The molecule has 7 nitrogen and oxygen atoms in total. The number of pyridine rings is 1. The van der Waals surface area contributed by atoms with Crippen molar-refractivity contribution in [3.05, 3.63) is 33.8 Å². The van der Waals surface area contributed by atoms with Gasteiger partial charge in [-0.3, -0.25) is 14.3 Å². The number of nitrogens with zero attached hydrogens (tertiary/aromatic N) is 4. The maximum absolute atomic E-state index is 13.2. The summed E-state index contributed by atoms with van der Waals surface area (Å²) in [4.78, 5) is 26.7. The Labute approximate surface area is 142 Å². The summed E-state index contributed by atoms with van der Waals surface area (Å²) in [6.07, 6.45) is 3.51. The Hall–Kier alpha value is -2.32. The first-order valence-corrected chi connectivity index (χ1v) is 8.69. The van der Waals surface area contributed by atoms with Gasteiger partial charge >= 0.3 is 0 Å². The monoisotopic (exact) mass is 343 g/mol. The second-order valence-electron chi connectivity index (χ2n) is 5.87. The molecular weight excluding hydrogens is 326 g/mol. The van der Waals surface area contributed by atoms with Gasteiger partial charge in [0.1, 0.15) is 5.65 Å². The molecule has 24 heavy (non-hydrogen) atoms. The van der Waals surface area contributed by atoms with Gasteiger partial charge in [0.2, 0.25) is 5.95 Å². The van der Waals surface area contributed by atoms with Crippen LogP contribution in [-0.4, -0.2) is 32.7 Å². The number of aryl methyl sites for hydroxylation is 1. The molecule has 0 aromatic carbocycles. The molecule has 0 saturated carbocycles. The van der Waals surface area contributed by atoms with Gasteiger partial charge in [-0.05, 0) is 25.8 Å². The van der Waals surface area contributed by atoms with E-state index in [4.69, 9.17) is 10.5 Å². The van der Waals surface area contributed by atoms with E-state index in [1.54, 1.807) is 16.3 Å². The smallest absolute Gasteiger partial charge is 0.261 e. The molecule has 3 aromatic heterocycles. The molecule has 0 radical (unpaired) electrons. The maximum Gasteiger partial charge on any atom is 0.261 e. The molecule has 1 atom stereocenters. The first kappa shape index (κ1) is 15.2. The fraction of sp³-hybridized carbons (Fsp3) is 0.375. The van der Waals surface area contributed by atoms with E-state index in [9.17, 15) is 4.79 Å². The lowest BCUT2D eigenvalue weighted by atomic mass is 10.1. The topological polar surface area (TPSA) is 95.9 Å². The van der Waals surface area contributed by atoms with Crippen LogP contribution in [0.1, 0.15) is 24.6 Å². The molecule has 8 heteroatoms. The van der Waals surface area contributed by atoms with Crippen LogP contribution in [0.3, 0.4) is 0 Å². The third-order valence-corrected chi connectivity index (χ3v) is 5.11. The predicted molar refractivity (Wildman–Crippen MR) is 93.1 cm³/mol. The highest BCUT2D eigenvalue weighted by Gasteiger charge is 2.23. The summed E-state index contributed by atoms with van der Waals surface area (Å²) in [5.74, 6) is 0.176. The van der Waals surface area contributed by atoms with Crippen LogP contribution in [0.2, 0.25) is 0 Å². The standard InChI is InChI=1S/C16H17N5O2S/c1-9-11-5-12(13-6-18-8-24-13)15(22)21(10-3-2-4-23-7-10)14(11)20-16(17)19-9/h5-6,8,10H,2-4,7H2,1H3,(H2,17,19,20)/t10-/m0/s1. The van der Waals surface area contributed by atoms with Crippen molar-refractivity contribution >= 4 is 28.3 Å². The second-order valence-corrected chi connectivity index (χ2v) is 6.76. The number of rotatable bonds is 2. The molecule has 0 aliphatic carbocycles. The molecule has 0 bridgehead atoms. The van der Waals surface area contributed by atoms with Crippen LogP contribution in [0.5, 0.6) is 0 Å². The highest BCUT2D eigenvalue weighted by molar-refractivity contribution is 7.13. The Morgan fingerprint density at radius 1 is 1.42 bits per heavy atom. The van der Waals surface area contributed by atoms with E-state index in [0.717, 1.165) is 35.4 Å². The van der Waals surface area contributed by atoms with Crippen LogP contribution in [0, 0.1) is 6.92 Å². The number of hydrogen-bond donors (Lipinski definition) is 1. The fourth-order valence-corrected chi connectivity index (χ4v) is 3.79. The van der Waals surface area contributed by atoms with Crippen LogP contribution < -0.4 is 11.3 Å². The second kappa shape index (κ2) is 5.95. The lowest BCUT2D eigenvalue weighted by molar-refractivity contribution is 0.0594. The SMILES string of the molecule is Cc1nc(N)nc2c1cc(-c1cncs1)c(=O)n2[C@H]1CCCOC1. The number of ether oxygens (including phenoxy) is 1. The largest absolute Gasteiger partial charge is 0.379 e. The highest BCUT2D eigenvalue weighted by atomic mass is 32.1. The van der Waals surface area contributed by atoms with E-state index in [1.807, 2.05) is 13.0 Å². The summed E-state index contributed by atoms with van der Waals surface area (Å²) in [5.41, 5.74) is 9.42. The van der Waals surface area contributed by atoms with Gasteiger partial charge in [-0.2, -0.15) is 4.98 Å². The summed E-state index contributed by atoms with van der Waals surface area (Å²) in [6, 6.07) is 1.80. The molecule has 0 amide bonds. The lowest BCUT2D eigenvalue weighted by Crippen LogP contribution is -2.32. The predicted octanol–water partition coefficient (Wildman–Crippen LogP) is 2.16. The summed E-state index contributed by atoms with van der Waals surface area (Å²) >= 11 is 1.44. The van der Waals surface area contributed by atoms with Gasteiger partial charge in [0, 0.05) is 18.2 Å². The molecule has 1 fully saturated rings. The van der Waals surface area contributed by atoms with Crippen LogP contribution in [0.15, 0.2) is 22.6 Å². The molecule has 0 unspecified atom stereocenters. The van der Waals surface area contributed by atoms with Crippen molar-refractivity contribution < 1.29 is 4.74 Å². The molecule has 3 aromatic rings. The fourth-order valence-electron chi connectivity index (χ4n) is 3.16. The molecule has 1 saturated heterocycles. The molecule has 124 valence electrons. The average molecular weight is 343 g/mol. The Kier molecular flexibility index (Phi) is 3.78. The average Bonchev–Trinajstić information content (AvgIpc) is 3.09. The van der Waals surface area contributed by atoms with Crippen molar-refractivity contribution in [3.63, 3.8) is 0 Å². The Morgan fingerprint density at radius 3 is 3.00 bits per heavy atom. The van der Waals surface area contributed by atoms with E-state index in [0.29, 0.717) is 17.8 Å². The van der Waals surface area contributed by atoms with Gasteiger partial charge in [-0.25, -0.2) is 4.98 Å². The van der Waals surface area contributed by atoms with Gasteiger partial charge < -0.3 is 10.5 Å². The molecule has 1 aliphatic rings. The minimum absolute atomic E-state index is 0.0460. The van der Waals surface area contributed by atoms with Gasteiger partial charge in [0.05, 0.1) is 34.3 Å². The molecular formula is C16H17N5O2S. The minimum Gasteiger partial charge on any atom is -0.379 e. The third-order valence-electron chi connectivity index (χ3n) is 4.30. The van der Waals surface area contributed by atoms with E-state index >= 15 is 0 Å². The van der Waals surface area contributed by atoms with Gasteiger partial charge in [0.25, 0.3) is 5.56 Å². The zero-order valence-corrected chi connectivity index (χ0v) is 14.0. The van der Waals surface area contributed by atoms with Crippen molar-refractivity contribution in [2.24, 2.45) is 0 Å². The number of aromatic nitrogens is 4. The van der Waals surface area contributed by atoms with Gasteiger partial charge in [-0.1, -0.05) is 0 Å². The van der Waals surface area contributed by atoms with Crippen molar-refractivity contribution in [1.82, 2.24) is 19.5 Å². The Morgan fingerprint density at radius 2 is 2.29 bits per heavy atom. The summed E-state index contributed by atoms with van der Waals surface area (Å²) in [5, 5.41) is 0.831. The Balaban J connectivity index is 2.06. The quantitative estimate of drug-likeness (QED) is 0.766. The Bertz CT molecular complexity index is 945. The first-order chi connectivity index (χ1) is 11.6. The van der Waals surface area contributed by atoms with E-state index in [1.165, 1.54) is 11.3 Å². The molecule has 4 heterocycles. The number of anilines is 1. The van der Waals surface area contributed by atoms with Gasteiger partial charge in [-0.15, -0.1) is 11.3 Å². The first-order valence-electron chi connectivity index (χ1n) is 7.81. The van der Waals surface area contributed by atoms with E-state index < -0.39 is 0 Å². The van der Waals surface area contributed by atoms with Crippen LogP contribution in [0.4, 0.5) is 5.95 Å². The third kappa shape index (κ3) is 2.47. The normalized spacial score (nSPS) is 18.1. The number of nitrogen functional groups attached to an aromatic ring is 1. The molecule has 4 rings (SSSR count). The summed E-state index contributed by atoms with van der Waals surface area (Å²) in [7, 11) is 0. The molecule has 0 spiro atoms. The van der Waals surface area contributed by atoms with Gasteiger partial charge in [0.15, 0.2) is 0 Å².